The fourth-order valence-electron chi connectivity index (χ4n) is 3.52. The van der Waals surface area contributed by atoms with Crippen molar-refractivity contribution in [2.24, 2.45) is 11.8 Å². The maximum atomic E-state index is 12.7. The summed E-state index contributed by atoms with van der Waals surface area (Å²) >= 11 is 0. The van der Waals surface area contributed by atoms with E-state index < -0.39 is 0 Å². The summed E-state index contributed by atoms with van der Waals surface area (Å²) in [6, 6.07) is 8.20. The molecule has 0 saturated carbocycles. The van der Waals surface area contributed by atoms with Gasteiger partial charge in [-0.25, -0.2) is 0 Å². The van der Waals surface area contributed by atoms with Crippen LogP contribution in [-0.4, -0.2) is 44.1 Å². The number of carbonyl (C=O) groups is 1. The van der Waals surface area contributed by atoms with Crippen molar-refractivity contribution in [3.8, 4) is 5.75 Å². The number of piperidine rings is 1. The second-order valence-corrected chi connectivity index (χ2v) is 7.16. The van der Waals surface area contributed by atoms with Crippen molar-refractivity contribution < 1.29 is 9.53 Å². The molecule has 0 aliphatic carbocycles. The van der Waals surface area contributed by atoms with Crippen molar-refractivity contribution in [3.63, 3.8) is 0 Å². The molecule has 1 N–H and O–H groups in total. The third-order valence-corrected chi connectivity index (χ3v) is 5.40. The molecule has 0 radical (unpaired) electrons. The highest BCUT2D eigenvalue weighted by Gasteiger charge is 2.25. The van der Waals surface area contributed by atoms with Gasteiger partial charge in [0.15, 0.2) is 0 Å². The number of likely N-dealkylation sites (N-methyl/N-ethyl adjacent to an activating group) is 1. The Morgan fingerprint density at radius 3 is 2.72 bits per heavy atom. The van der Waals surface area contributed by atoms with Crippen LogP contribution < -0.4 is 10.1 Å². The molecule has 3 atom stereocenters. The first-order chi connectivity index (χ1) is 11.5. The second kappa shape index (κ2) is 10.7. The van der Waals surface area contributed by atoms with Gasteiger partial charge < -0.3 is 15.0 Å². The standard InChI is InChI=1S/C20H32N2O2.ClH/c1-15(18-9-7-11-21-14-18)12-20(23)22(3)16(2)13-17-8-5-6-10-19(17)24-4;/h5-6,8,10,15-16,18,21H,7,9,11-14H2,1-4H3;1H. The van der Waals surface area contributed by atoms with Crippen LogP contribution >= 0.6 is 12.4 Å². The molecule has 2 rings (SSSR count). The van der Waals surface area contributed by atoms with E-state index in [1.807, 2.05) is 30.1 Å². The molecule has 25 heavy (non-hydrogen) atoms. The lowest BCUT2D eigenvalue weighted by Crippen LogP contribution is -2.39. The van der Waals surface area contributed by atoms with Gasteiger partial charge in [-0.05, 0) is 62.7 Å². The first-order valence-electron chi connectivity index (χ1n) is 9.11. The Morgan fingerprint density at radius 1 is 1.36 bits per heavy atom. The van der Waals surface area contributed by atoms with E-state index in [9.17, 15) is 4.79 Å². The number of nitrogens with one attached hydrogen (secondary N) is 1. The molecule has 3 unspecified atom stereocenters. The summed E-state index contributed by atoms with van der Waals surface area (Å²) < 4.78 is 5.42. The first kappa shape index (κ1) is 21.8. The van der Waals surface area contributed by atoms with Gasteiger partial charge in [-0.1, -0.05) is 25.1 Å². The molecule has 142 valence electrons. The zero-order valence-corrected chi connectivity index (χ0v) is 16.8. The molecule has 4 nitrogen and oxygen atoms in total. The molecule has 0 aromatic heterocycles. The number of hydrogen-bond donors (Lipinski definition) is 1. The quantitative estimate of drug-likeness (QED) is 0.800. The molecule has 0 bridgehead atoms. The third-order valence-electron chi connectivity index (χ3n) is 5.40. The first-order valence-corrected chi connectivity index (χ1v) is 9.11. The molecule has 0 spiro atoms. The Morgan fingerprint density at radius 2 is 2.08 bits per heavy atom. The topological polar surface area (TPSA) is 41.6 Å². The minimum Gasteiger partial charge on any atom is -0.496 e. The Hall–Kier alpha value is -1.26. The summed E-state index contributed by atoms with van der Waals surface area (Å²) in [5, 5.41) is 3.45. The van der Waals surface area contributed by atoms with Crippen molar-refractivity contribution in [1.29, 1.82) is 0 Å². The largest absolute Gasteiger partial charge is 0.496 e. The molecule has 1 heterocycles. The van der Waals surface area contributed by atoms with Crippen molar-refractivity contribution in [1.82, 2.24) is 10.2 Å². The summed E-state index contributed by atoms with van der Waals surface area (Å²) in [7, 11) is 3.62. The molecule has 1 aliphatic heterocycles. The van der Waals surface area contributed by atoms with Crippen LogP contribution in [0.15, 0.2) is 24.3 Å². The number of benzene rings is 1. The van der Waals surface area contributed by atoms with E-state index in [4.69, 9.17) is 4.74 Å². The number of rotatable bonds is 7. The van der Waals surface area contributed by atoms with Gasteiger partial charge in [0.1, 0.15) is 5.75 Å². The molecule has 1 fully saturated rings. The molecular weight excluding hydrogens is 336 g/mol. The average Bonchev–Trinajstić information content (AvgIpc) is 2.62. The number of methoxy groups -OCH3 is 1. The second-order valence-electron chi connectivity index (χ2n) is 7.16. The number of halogens is 1. The van der Waals surface area contributed by atoms with E-state index in [2.05, 4.69) is 25.2 Å². The summed E-state index contributed by atoms with van der Waals surface area (Å²) in [6.45, 7) is 6.49. The van der Waals surface area contributed by atoms with Crippen molar-refractivity contribution in [3.05, 3.63) is 29.8 Å². The van der Waals surface area contributed by atoms with Gasteiger partial charge in [0.05, 0.1) is 7.11 Å². The monoisotopic (exact) mass is 368 g/mol. The van der Waals surface area contributed by atoms with Crippen molar-refractivity contribution >= 4 is 18.3 Å². The molecular formula is C20H33ClN2O2. The van der Waals surface area contributed by atoms with E-state index in [1.165, 1.54) is 12.8 Å². The van der Waals surface area contributed by atoms with Gasteiger partial charge in [0.2, 0.25) is 5.91 Å². The van der Waals surface area contributed by atoms with Crippen molar-refractivity contribution in [2.45, 2.75) is 45.6 Å². The average molecular weight is 369 g/mol. The lowest BCUT2D eigenvalue weighted by atomic mass is 9.85. The maximum Gasteiger partial charge on any atom is 0.222 e. The number of nitrogens with zero attached hydrogens (tertiary/aromatic N) is 1. The van der Waals surface area contributed by atoms with Crippen LogP contribution in [-0.2, 0) is 11.2 Å². The van der Waals surface area contributed by atoms with E-state index in [0.29, 0.717) is 18.3 Å². The SMILES string of the molecule is COc1ccccc1CC(C)N(C)C(=O)CC(C)C1CCCNC1.Cl. The van der Waals surface area contributed by atoms with Crippen LogP contribution in [0.3, 0.4) is 0 Å². The Bertz CT molecular complexity index is 532. The Labute approximate surface area is 158 Å². The number of carbonyl (C=O) groups excluding carboxylic acids is 1. The number of para-hydroxylation sites is 1. The lowest BCUT2D eigenvalue weighted by Gasteiger charge is -2.31. The van der Waals surface area contributed by atoms with Gasteiger partial charge in [-0.3, -0.25) is 4.79 Å². The minimum atomic E-state index is 0. The summed E-state index contributed by atoms with van der Waals surface area (Å²) in [5.41, 5.74) is 1.15. The van der Waals surface area contributed by atoms with Crippen LogP contribution in [0.1, 0.15) is 38.7 Å². The third kappa shape index (κ3) is 6.19. The number of ether oxygens (including phenoxy) is 1. The van der Waals surface area contributed by atoms with Gasteiger partial charge >= 0.3 is 0 Å². The zero-order chi connectivity index (χ0) is 17.5. The highest BCUT2D eigenvalue weighted by atomic mass is 35.5. The normalized spacial score (nSPS) is 19.4. The van der Waals surface area contributed by atoms with Gasteiger partial charge in [0, 0.05) is 19.5 Å². The van der Waals surface area contributed by atoms with E-state index >= 15 is 0 Å². The highest BCUT2D eigenvalue weighted by Crippen LogP contribution is 2.24. The van der Waals surface area contributed by atoms with Gasteiger partial charge in [-0.2, -0.15) is 0 Å². The minimum absolute atomic E-state index is 0. The Kier molecular flexibility index (Phi) is 9.30. The lowest BCUT2D eigenvalue weighted by molar-refractivity contribution is -0.133. The molecule has 1 aromatic rings. The maximum absolute atomic E-state index is 12.7. The fraction of sp³-hybridized carbons (Fsp3) is 0.650. The van der Waals surface area contributed by atoms with Crippen LogP contribution in [0.2, 0.25) is 0 Å². The van der Waals surface area contributed by atoms with Crippen LogP contribution in [0, 0.1) is 11.8 Å². The molecule has 1 saturated heterocycles. The number of amides is 1. The summed E-state index contributed by atoms with van der Waals surface area (Å²) in [6.07, 6.45) is 3.91. The smallest absolute Gasteiger partial charge is 0.222 e. The Balaban J connectivity index is 0.00000312. The van der Waals surface area contributed by atoms with Gasteiger partial charge in [-0.15, -0.1) is 12.4 Å². The molecule has 5 heteroatoms. The van der Waals surface area contributed by atoms with Crippen LogP contribution in [0.5, 0.6) is 5.75 Å². The highest BCUT2D eigenvalue weighted by molar-refractivity contribution is 5.85. The van der Waals surface area contributed by atoms with Crippen LogP contribution in [0.4, 0.5) is 0 Å². The van der Waals surface area contributed by atoms with Gasteiger partial charge in [0.25, 0.3) is 0 Å². The molecule has 1 aliphatic rings. The van der Waals surface area contributed by atoms with E-state index in [0.717, 1.165) is 30.8 Å². The molecule has 1 amide bonds. The summed E-state index contributed by atoms with van der Waals surface area (Å²) in [4.78, 5) is 14.6. The van der Waals surface area contributed by atoms with Crippen molar-refractivity contribution in [2.75, 3.05) is 27.2 Å². The predicted molar refractivity (Wildman–Crippen MR) is 106 cm³/mol. The van der Waals surface area contributed by atoms with E-state index in [1.54, 1.807) is 7.11 Å². The summed E-state index contributed by atoms with van der Waals surface area (Å²) in [5.74, 6) is 2.20. The molecule has 1 aromatic carbocycles. The number of hydrogen-bond acceptors (Lipinski definition) is 3. The van der Waals surface area contributed by atoms with E-state index in [-0.39, 0.29) is 24.4 Å². The van der Waals surface area contributed by atoms with Crippen LogP contribution in [0.25, 0.3) is 0 Å². The fourth-order valence-corrected chi connectivity index (χ4v) is 3.52. The zero-order valence-electron chi connectivity index (χ0n) is 16.0. The predicted octanol–water partition coefficient (Wildman–Crippen LogP) is 3.53.